The van der Waals surface area contributed by atoms with E-state index in [1.165, 1.54) is 11.3 Å². The first-order valence-corrected chi connectivity index (χ1v) is 12.1. The molecule has 2 heterocycles. The zero-order chi connectivity index (χ0) is 24.6. The maximum atomic E-state index is 12.4. The van der Waals surface area contributed by atoms with Crippen LogP contribution in [0, 0.1) is 0 Å². The summed E-state index contributed by atoms with van der Waals surface area (Å²) < 4.78 is 0.997. The molecule has 0 aliphatic rings. The third-order valence-corrected chi connectivity index (χ3v) is 6.24. The summed E-state index contributed by atoms with van der Waals surface area (Å²) in [6.07, 6.45) is 3.91. The molecule has 4 aromatic rings. The van der Waals surface area contributed by atoms with Crippen molar-refractivity contribution in [3.8, 4) is 11.1 Å². The smallest absolute Gasteiger partial charge is 0.326 e. The fourth-order valence-corrected chi connectivity index (χ4v) is 4.32. The van der Waals surface area contributed by atoms with Gasteiger partial charge in [0.15, 0.2) is 5.13 Å². The van der Waals surface area contributed by atoms with Crippen molar-refractivity contribution in [2.75, 3.05) is 22.5 Å². The van der Waals surface area contributed by atoms with Gasteiger partial charge in [-0.05, 0) is 61.3 Å². The number of amides is 3. The number of hydrogen-bond donors (Lipinski definition) is 5. The highest BCUT2D eigenvalue weighted by Gasteiger charge is 2.13. The summed E-state index contributed by atoms with van der Waals surface area (Å²) in [5, 5.41) is 8.82. The van der Waals surface area contributed by atoms with Gasteiger partial charge in [0, 0.05) is 17.4 Å². The Bertz CT molecular complexity index is 1270. The molecule has 0 aliphatic carbocycles. The van der Waals surface area contributed by atoms with Crippen molar-refractivity contribution in [2.24, 2.45) is 11.5 Å². The number of pyridine rings is 1. The van der Waals surface area contributed by atoms with Crippen LogP contribution < -0.4 is 27.4 Å². The molecule has 0 bridgehead atoms. The third kappa shape index (κ3) is 6.60. The van der Waals surface area contributed by atoms with Gasteiger partial charge in [0.2, 0.25) is 5.91 Å². The molecule has 0 radical (unpaired) electrons. The predicted molar refractivity (Wildman–Crippen MR) is 141 cm³/mol. The van der Waals surface area contributed by atoms with E-state index in [0.717, 1.165) is 34.2 Å². The number of thiazole rings is 1. The highest BCUT2D eigenvalue weighted by atomic mass is 32.1. The molecular weight excluding hydrogens is 462 g/mol. The monoisotopic (exact) mass is 489 g/mol. The van der Waals surface area contributed by atoms with Crippen molar-refractivity contribution in [1.29, 1.82) is 0 Å². The molecule has 0 saturated heterocycles. The lowest BCUT2D eigenvalue weighted by atomic mass is 10.1. The Kier molecular flexibility index (Phi) is 7.99. The number of unbranched alkanes of at least 4 members (excludes halogenated alkanes) is 1. The number of nitrogens with one attached hydrogen (secondary N) is 3. The number of hydrogen-bond acceptors (Lipinski definition) is 7. The molecule has 1 atom stereocenters. The molecule has 2 aromatic carbocycles. The number of urea groups is 1. The number of carbonyl (C=O) groups is 2. The van der Waals surface area contributed by atoms with E-state index < -0.39 is 12.1 Å². The molecule has 0 spiro atoms. The van der Waals surface area contributed by atoms with Crippen LogP contribution >= 0.6 is 11.3 Å². The molecule has 10 heteroatoms. The first-order chi connectivity index (χ1) is 17.0. The Morgan fingerprint density at radius 1 is 0.943 bits per heavy atom. The van der Waals surface area contributed by atoms with Gasteiger partial charge in [-0.3, -0.25) is 15.4 Å². The second-order valence-corrected chi connectivity index (χ2v) is 8.99. The van der Waals surface area contributed by atoms with Crippen LogP contribution in [0.2, 0.25) is 0 Å². The average molecular weight is 490 g/mol. The molecule has 7 N–H and O–H groups in total. The van der Waals surface area contributed by atoms with Crippen molar-refractivity contribution in [3.05, 3.63) is 66.9 Å². The first kappa shape index (κ1) is 24.3. The van der Waals surface area contributed by atoms with Crippen LogP contribution in [0.5, 0.6) is 0 Å². The van der Waals surface area contributed by atoms with Gasteiger partial charge in [0.25, 0.3) is 0 Å². The summed E-state index contributed by atoms with van der Waals surface area (Å²) in [6, 6.07) is 17.7. The molecule has 9 nitrogen and oxygen atoms in total. The predicted octanol–water partition coefficient (Wildman–Crippen LogP) is 4.40. The Balaban J connectivity index is 1.35. The number of fused-ring (bicyclic) bond motifs is 1. The van der Waals surface area contributed by atoms with E-state index >= 15 is 0 Å². The zero-order valence-electron chi connectivity index (χ0n) is 19.0. The maximum absolute atomic E-state index is 12.4. The minimum atomic E-state index is -0.578. The van der Waals surface area contributed by atoms with Crippen LogP contribution in [0.15, 0.2) is 66.9 Å². The van der Waals surface area contributed by atoms with E-state index in [9.17, 15) is 9.59 Å². The largest absolute Gasteiger partial charge is 0.330 e. The van der Waals surface area contributed by atoms with Crippen LogP contribution in [0.3, 0.4) is 0 Å². The van der Waals surface area contributed by atoms with Gasteiger partial charge in [-0.25, -0.2) is 14.8 Å². The SMILES string of the molecule is NCCCC[C@H](N)C(=O)Nc1cccc(-c2ccc(NC(=O)Nc3nc4ccccc4s3)nc2)c1. The average Bonchev–Trinajstić information content (AvgIpc) is 3.27. The normalized spacial score (nSPS) is 11.7. The van der Waals surface area contributed by atoms with Crippen molar-refractivity contribution in [2.45, 2.75) is 25.3 Å². The molecule has 4 rings (SSSR count). The van der Waals surface area contributed by atoms with Gasteiger partial charge in [-0.15, -0.1) is 0 Å². The van der Waals surface area contributed by atoms with E-state index in [1.807, 2.05) is 54.6 Å². The number of nitrogens with two attached hydrogens (primary N) is 2. The van der Waals surface area contributed by atoms with Crippen molar-refractivity contribution in [3.63, 3.8) is 0 Å². The number of rotatable bonds is 9. The third-order valence-electron chi connectivity index (χ3n) is 5.29. The summed E-state index contributed by atoms with van der Waals surface area (Å²) in [5.74, 6) is 0.177. The summed E-state index contributed by atoms with van der Waals surface area (Å²) in [7, 11) is 0. The highest BCUT2D eigenvalue weighted by molar-refractivity contribution is 7.22. The summed E-state index contributed by atoms with van der Waals surface area (Å²) in [5.41, 5.74) is 14.7. The van der Waals surface area contributed by atoms with Crippen molar-refractivity contribution in [1.82, 2.24) is 9.97 Å². The summed E-state index contributed by atoms with van der Waals surface area (Å²) in [6.45, 7) is 0.590. The lowest BCUT2D eigenvalue weighted by Crippen LogP contribution is -2.35. The molecular formula is C25H27N7O2S. The molecule has 180 valence electrons. The van der Waals surface area contributed by atoms with Crippen LogP contribution in [0.25, 0.3) is 21.3 Å². The second-order valence-electron chi connectivity index (χ2n) is 7.96. The number of benzene rings is 2. The molecule has 0 aliphatic heterocycles. The lowest BCUT2D eigenvalue weighted by molar-refractivity contribution is -0.117. The van der Waals surface area contributed by atoms with E-state index in [-0.39, 0.29) is 5.91 Å². The molecule has 0 saturated carbocycles. The van der Waals surface area contributed by atoms with Crippen LogP contribution in [-0.2, 0) is 4.79 Å². The molecule has 0 fully saturated rings. The van der Waals surface area contributed by atoms with E-state index in [2.05, 4.69) is 25.9 Å². The Morgan fingerprint density at radius 2 is 1.80 bits per heavy atom. The lowest BCUT2D eigenvalue weighted by Gasteiger charge is -2.13. The molecule has 3 amide bonds. The fraction of sp³-hybridized carbons (Fsp3) is 0.200. The van der Waals surface area contributed by atoms with Gasteiger partial charge in [-0.1, -0.05) is 42.0 Å². The summed E-state index contributed by atoms with van der Waals surface area (Å²) in [4.78, 5) is 33.4. The van der Waals surface area contributed by atoms with Crippen LogP contribution in [0.1, 0.15) is 19.3 Å². The highest BCUT2D eigenvalue weighted by Crippen LogP contribution is 2.26. The second kappa shape index (κ2) is 11.5. The maximum Gasteiger partial charge on any atom is 0.326 e. The number of para-hydroxylation sites is 1. The molecule has 0 unspecified atom stereocenters. The Labute approximate surface area is 207 Å². The van der Waals surface area contributed by atoms with Crippen LogP contribution in [-0.4, -0.2) is 34.5 Å². The number of anilines is 3. The number of carbonyl (C=O) groups excluding carboxylic acids is 2. The number of aromatic nitrogens is 2. The van der Waals surface area contributed by atoms with Crippen molar-refractivity contribution < 1.29 is 9.59 Å². The van der Waals surface area contributed by atoms with E-state index in [4.69, 9.17) is 11.5 Å². The minimum Gasteiger partial charge on any atom is -0.330 e. The van der Waals surface area contributed by atoms with Gasteiger partial charge >= 0.3 is 6.03 Å². The molecule has 2 aromatic heterocycles. The quantitative estimate of drug-likeness (QED) is 0.220. The summed E-state index contributed by atoms with van der Waals surface area (Å²) >= 11 is 1.40. The van der Waals surface area contributed by atoms with E-state index in [0.29, 0.717) is 29.6 Å². The molecule has 35 heavy (non-hydrogen) atoms. The van der Waals surface area contributed by atoms with Crippen molar-refractivity contribution >= 4 is 50.1 Å². The van der Waals surface area contributed by atoms with E-state index in [1.54, 1.807) is 12.3 Å². The Hall–Kier alpha value is -3.86. The van der Waals surface area contributed by atoms with Gasteiger partial charge in [-0.2, -0.15) is 0 Å². The topological polar surface area (TPSA) is 148 Å². The zero-order valence-corrected chi connectivity index (χ0v) is 19.8. The van der Waals surface area contributed by atoms with Crippen LogP contribution in [0.4, 0.5) is 21.4 Å². The fourth-order valence-electron chi connectivity index (χ4n) is 3.46. The standard InChI is InChI=1S/C25H27N7O2S/c26-13-4-3-8-19(27)23(33)29-18-7-5-6-16(14-18)17-11-12-22(28-15-17)31-24(34)32-25-30-20-9-1-2-10-21(20)35-25/h1-2,5-7,9-12,14-15,19H,3-4,8,13,26-27H2,(H,29,33)(H2,28,30,31,32,34)/t19-/m0/s1. The Morgan fingerprint density at radius 3 is 2.57 bits per heavy atom. The first-order valence-electron chi connectivity index (χ1n) is 11.3. The van der Waals surface area contributed by atoms with Gasteiger partial charge in [0.1, 0.15) is 5.82 Å². The van der Waals surface area contributed by atoms with Gasteiger partial charge in [0.05, 0.1) is 16.3 Å². The minimum absolute atomic E-state index is 0.226. The number of nitrogens with zero attached hydrogens (tertiary/aromatic N) is 2. The van der Waals surface area contributed by atoms with Gasteiger partial charge < -0.3 is 16.8 Å².